The summed E-state index contributed by atoms with van der Waals surface area (Å²) in [5.41, 5.74) is 16.9. The smallest absolute Gasteiger partial charge is 0.125 e. The van der Waals surface area contributed by atoms with Crippen molar-refractivity contribution in [2.45, 2.75) is 31.8 Å². The maximum atomic E-state index is 10.8. The molecule has 0 aliphatic carbocycles. The summed E-state index contributed by atoms with van der Waals surface area (Å²) >= 11 is 0. The summed E-state index contributed by atoms with van der Waals surface area (Å²) in [6.07, 6.45) is 4.58. The minimum Gasteiger partial charge on any atom is -0.507 e. The van der Waals surface area contributed by atoms with Crippen LogP contribution in [0.25, 0.3) is 0 Å². The third kappa shape index (κ3) is 4.25. The molecule has 0 saturated carbocycles. The van der Waals surface area contributed by atoms with E-state index in [9.17, 15) is 5.11 Å². The van der Waals surface area contributed by atoms with Crippen molar-refractivity contribution in [2.24, 2.45) is 11.5 Å². The van der Waals surface area contributed by atoms with Gasteiger partial charge >= 0.3 is 0 Å². The zero-order chi connectivity index (χ0) is 18.5. The lowest BCUT2D eigenvalue weighted by Gasteiger charge is -2.20. The van der Waals surface area contributed by atoms with Gasteiger partial charge in [-0.1, -0.05) is 29.8 Å². The normalized spacial score (nSPS) is 13.3. The minimum atomic E-state index is -0.356. The van der Waals surface area contributed by atoms with Crippen LogP contribution in [0.5, 0.6) is 5.75 Å². The largest absolute Gasteiger partial charge is 0.507 e. The van der Waals surface area contributed by atoms with Crippen molar-refractivity contribution < 1.29 is 5.11 Å². The minimum absolute atomic E-state index is 0.169. The molecule has 3 aromatic rings. The van der Waals surface area contributed by atoms with Gasteiger partial charge in [-0.25, -0.2) is 0 Å². The van der Waals surface area contributed by atoms with Gasteiger partial charge in [-0.2, -0.15) is 0 Å². The van der Waals surface area contributed by atoms with E-state index in [4.69, 9.17) is 11.5 Å². The molecular weight excluding hydrogens is 324 g/mol. The second-order valence-corrected chi connectivity index (χ2v) is 6.56. The van der Waals surface area contributed by atoms with Crippen molar-refractivity contribution in [3.63, 3.8) is 0 Å². The first kappa shape index (κ1) is 18.0. The molecule has 2 atom stereocenters. The molecule has 0 radical (unpaired) electrons. The molecule has 134 valence electrons. The number of nitrogens with zero attached hydrogens (tertiary/aromatic N) is 2. The van der Waals surface area contributed by atoms with Gasteiger partial charge < -0.3 is 16.6 Å². The van der Waals surface area contributed by atoms with E-state index in [1.54, 1.807) is 12.4 Å². The number of aromatic hydroxyl groups is 1. The first-order valence-corrected chi connectivity index (χ1v) is 8.69. The molecule has 0 amide bonds. The second kappa shape index (κ2) is 8.08. The van der Waals surface area contributed by atoms with Crippen molar-refractivity contribution in [1.29, 1.82) is 0 Å². The highest BCUT2D eigenvalue weighted by molar-refractivity contribution is 5.47. The maximum Gasteiger partial charge on any atom is 0.125 e. The van der Waals surface area contributed by atoms with Gasteiger partial charge in [0.25, 0.3) is 0 Å². The van der Waals surface area contributed by atoms with E-state index >= 15 is 0 Å². The topological polar surface area (TPSA) is 98.0 Å². The van der Waals surface area contributed by atoms with E-state index in [0.29, 0.717) is 24.0 Å². The van der Waals surface area contributed by atoms with Crippen LogP contribution >= 0.6 is 0 Å². The number of pyridine rings is 2. The number of phenolic OH excluding ortho intramolecular Hbond substituents is 1. The molecule has 0 spiro atoms. The van der Waals surface area contributed by atoms with E-state index in [0.717, 1.165) is 17.0 Å². The molecule has 2 unspecified atom stereocenters. The molecule has 3 rings (SSSR count). The zero-order valence-corrected chi connectivity index (χ0v) is 14.8. The van der Waals surface area contributed by atoms with E-state index in [2.05, 4.69) is 9.97 Å². The van der Waals surface area contributed by atoms with E-state index in [-0.39, 0.29) is 17.8 Å². The van der Waals surface area contributed by atoms with Crippen molar-refractivity contribution in [3.05, 3.63) is 89.0 Å². The fraction of sp³-hybridized carbons (Fsp3) is 0.238. The van der Waals surface area contributed by atoms with Gasteiger partial charge in [0.05, 0.1) is 0 Å². The van der Waals surface area contributed by atoms with Crippen LogP contribution in [-0.4, -0.2) is 15.1 Å². The number of nitrogens with two attached hydrogens (primary N) is 2. The molecule has 2 heterocycles. The fourth-order valence-electron chi connectivity index (χ4n) is 3.11. The third-order valence-electron chi connectivity index (χ3n) is 4.42. The molecule has 26 heavy (non-hydrogen) atoms. The molecule has 0 saturated heterocycles. The van der Waals surface area contributed by atoms with Crippen LogP contribution in [-0.2, 0) is 12.8 Å². The van der Waals surface area contributed by atoms with Crippen molar-refractivity contribution in [3.8, 4) is 5.75 Å². The number of aromatic nitrogens is 2. The Hall–Kier alpha value is -2.76. The SMILES string of the molecule is Cc1cc(C(N)Cc2ccccn2)c(O)c(C(N)Cc2ccccn2)c1. The molecule has 0 fully saturated rings. The van der Waals surface area contributed by atoms with Gasteiger partial charge in [-0.3, -0.25) is 9.97 Å². The second-order valence-electron chi connectivity index (χ2n) is 6.56. The highest BCUT2D eigenvalue weighted by Crippen LogP contribution is 2.34. The Morgan fingerprint density at radius 1 is 0.846 bits per heavy atom. The average Bonchev–Trinajstić information content (AvgIpc) is 2.65. The van der Waals surface area contributed by atoms with Crippen LogP contribution in [0.3, 0.4) is 0 Å². The first-order chi connectivity index (χ1) is 12.5. The number of hydrogen-bond donors (Lipinski definition) is 3. The highest BCUT2D eigenvalue weighted by atomic mass is 16.3. The van der Waals surface area contributed by atoms with Crippen LogP contribution in [0.15, 0.2) is 60.9 Å². The first-order valence-electron chi connectivity index (χ1n) is 8.69. The standard InChI is InChI=1S/C21H24N4O/c1-14-10-17(19(22)12-15-6-2-4-8-24-15)21(26)18(11-14)20(23)13-16-7-3-5-9-25-16/h2-11,19-20,26H,12-13,22-23H2,1H3. The van der Waals surface area contributed by atoms with Crippen molar-refractivity contribution in [1.82, 2.24) is 9.97 Å². The van der Waals surface area contributed by atoms with Crippen LogP contribution in [0.1, 0.15) is 40.2 Å². The van der Waals surface area contributed by atoms with Crippen LogP contribution in [0, 0.1) is 6.92 Å². The predicted octanol–water partition coefficient (Wildman–Crippen LogP) is 2.98. The summed E-state index contributed by atoms with van der Waals surface area (Å²) < 4.78 is 0. The van der Waals surface area contributed by atoms with E-state index in [1.165, 1.54) is 0 Å². The Labute approximate surface area is 153 Å². The molecule has 0 bridgehead atoms. The zero-order valence-electron chi connectivity index (χ0n) is 14.8. The maximum absolute atomic E-state index is 10.8. The number of benzene rings is 1. The lowest BCUT2D eigenvalue weighted by atomic mass is 9.92. The van der Waals surface area contributed by atoms with Crippen molar-refractivity contribution >= 4 is 0 Å². The van der Waals surface area contributed by atoms with Gasteiger partial charge in [0, 0.05) is 59.8 Å². The summed E-state index contributed by atoms with van der Waals surface area (Å²) in [6, 6.07) is 14.6. The Morgan fingerprint density at radius 2 is 1.31 bits per heavy atom. The van der Waals surface area contributed by atoms with Crippen LogP contribution < -0.4 is 11.5 Å². The Balaban J connectivity index is 1.85. The lowest BCUT2D eigenvalue weighted by molar-refractivity contribution is 0.446. The number of phenols is 1. The number of rotatable bonds is 6. The third-order valence-corrected chi connectivity index (χ3v) is 4.42. The fourth-order valence-corrected chi connectivity index (χ4v) is 3.11. The van der Waals surface area contributed by atoms with Crippen LogP contribution in [0.4, 0.5) is 0 Å². The summed E-state index contributed by atoms with van der Waals surface area (Å²) in [6.45, 7) is 1.98. The summed E-state index contributed by atoms with van der Waals surface area (Å²) in [4.78, 5) is 8.63. The summed E-state index contributed by atoms with van der Waals surface area (Å²) in [5.74, 6) is 0.169. The molecular formula is C21H24N4O. The quantitative estimate of drug-likeness (QED) is 0.636. The lowest BCUT2D eigenvalue weighted by Crippen LogP contribution is -2.18. The van der Waals surface area contributed by atoms with Gasteiger partial charge in [-0.15, -0.1) is 0 Å². The molecule has 5 nitrogen and oxygen atoms in total. The average molecular weight is 348 g/mol. The summed E-state index contributed by atoms with van der Waals surface area (Å²) in [5, 5.41) is 10.8. The van der Waals surface area contributed by atoms with Crippen molar-refractivity contribution in [2.75, 3.05) is 0 Å². The van der Waals surface area contributed by atoms with Gasteiger partial charge in [0.2, 0.25) is 0 Å². The number of hydrogen-bond acceptors (Lipinski definition) is 5. The molecule has 5 heteroatoms. The predicted molar refractivity (Wildman–Crippen MR) is 103 cm³/mol. The summed E-state index contributed by atoms with van der Waals surface area (Å²) in [7, 11) is 0. The van der Waals surface area contributed by atoms with Gasteiger partial charge in [-0.05, 0) is 31.2 Å². The van der Waals surface area contributed by atoms with Gasteiger partial charge in [0.15, 0.2) is 0 Å². The van der Waals surface area contributed by atoms with E-state index in [1.807, 2.05) is 55.5 Å². The number of aryl methyl sites for hydroxylation is 1. The Morgan fingerprint density at radius 3 is 1.69 bits per heavy atom. The monoisotopic (exact) mass is 348 g/mol. The molecule has 2 aromatic heterocycles. The Kier molecular flexibility index (Phi) is 5.61. The van der Waals surface area contributed by atoms with Gasteiger partial charge in [0.1, 0.15) is 5.75 Å². The molecule has 5 N–H and O–H groups in total. The van der Waals surface area contributed by atoms with E-state index < -0.39 is 0 Å². The molecule has 1 aromatic carbocycles. The Bertz CT molecular complexity index is 784. The molecule has 0 aliphatic heterocycles. The van der Waals surface area contributed by atoms with Crippen LogP contribution in [0.2, 0.25) is 0 Å². The molecule has 0 aliphatic rings. The highest BCUT2D eigenvalue weighted by Gasteiger charge is 2.20.